The second-order valence-electron chi connectivity index (χ2n) is 10.2. The lowest BCUT2D eigenvalue weighted by atomic mass is 9.85. The standard InChI is InChI=1S/C30H30ClNO4/c1-17-7-13-22(31)16-23(17)32-26(19-8-11-21(12-9-19)30(3,4)5)25(28(34)29(32)35)27(33)20-10-14-24(36-6)18(2)15-20/h7-16,26,33H,1-6H3/b27-25+. The van der Waals surface area contributed by atoms with Crippen LogP contribution in [0.3, 0.4) is 0 Å². The molecule has 36 heavy (non-hydrogen) atoms. The fraction of sp³-hybridized carbons (Fsp3) is 0.267. The van der Waals surface area contributed by atoms with E-state index < -0.39 is 17.7 Å². The maximum absolute atomic E-state index is 13.5. The van der Waals surface area contributed by atoms with Crippen LogP contribution in [0.25, 0.3) is 5.76 Å². The van der Waals surface area contributed by atoms with Gasteiger partial charge < -0.3 is 9.84 Å². The van der Waals surface area contributed by atoms with Gasteiger partial charge in [0.2, 0.25) is 0 Å². The van der Waals surface area contributed by atoms with Crippen molar-refractivity contribution >= 4 is 34.7 Å². The molecular formula is C30H30ClNO4. The number of aryl methyl sites for hydroxylation is 2. The zero-order valence-corrected chi connectivity index (χ0v) is 22.1. The Balaban J connectivity index is 1.96. The number of aliphatic hydroxyl groups excluding tert-OH is 1. The van der Waals surface area contributed by atoms with E-state index in [0.29, 0.717) is 27.6 Å². The van der Waals surface area contributed by atoms with Gasteiger partial charge in [-0.1, -0.05) is 62.7 Å². The van der Waals surface area contributed by atoms with Crippen LogP contribution in [-0.4, -0.2) is 23.9 Å². The van der Waals surface area contributed by atoms with Crippen LogP contribution < -0.4 is 9.64 Å². The van der Waals surface area contributed by atoms with Crippen LogP contribution in [0, 0.1) is 13.8 Å². The van der Waals surface area contributed by atoms with Crippen LogP contribution in [0.1, 0.15) is 54.6 Å². The number of hydrogen-bond acceptors (Lipinski definition) is 4. The van der Waals surface area contributed by atoms with E-state index in [4.69, 9.17) is 16.3 Å². The molecular weight excluding hydrogens is 474 g/mol. The minimum Gasteiger partial charge on any atom is -0.507 e. The van der Waals surface area contributed by atoms with Gasteiger partial charge in [-0.15, -0.1) is 0 Å². The number of methoxy groups -OCH3 is 1. The number of ketones is 1. The van der Waals surface area contributed by atoms with Gasteiger partial charge in [-0.25, -0.2) is 0 Å². The molecule has 1 aliphatic rings. The molecule has 1 atom stereocenters. The van der Waals surface area contributed by atoms with Crippen molar-refractivity contribution in [1.29, 1.82) is 0 Å². The number of Topliss-reactive ketones (excluding diaryl/α,β-unsaturated/α-hetero) is 1. The Labute approximate surface area is 217 Å². The monoisotopic (exact) mass is 503 g/mol. The maximum Gasteiger partial charge on any atom is 0.300 e. The van der Waals surface area contributed by atoms with Gasteiger partial charge in [-0.05, 0) is 71.8 Å². The number of rotatable bonds is 4. The van der Waals surface area contributed by atoms with Gasteiger partial charge in [0.05, 0.1) is 18.7 Å². The summed E-state index contributed by atoms with van der Waals surface area (Å²) < 4.78 is 5.33. The highest BCUT2D eigenvalue weighted by Gasteiger charge is 2.47. The lowest BCUT2D eigenvalue weighted by Gasteiger charge is -2.28. The number of carbonyl (C=O) groups excluding carboxylic acids is 2. The number of anilines is 1. The highest BCUT2D eigenvalue weighted by molar-refractivity contribution is 6.52. The zero-order valence-electron chi connectivity index (χ0n) is 21.3. The van der Waals surface area contributed by atoms with Crippen molar-refractivity contribution in [3.05, 3.63) is 99.1 Å². The van der Waals surface area contributed by atoms with Gasteiger partial charge in [0.25, 0.3) is 11.7 Å². The first-order valence-corrected chi connectivity index (χ1v) is 12.1. The summed E-state index contributed by atoms with van der Waals surface area (Å²) in [7, 11) is 1.57. The van der Waals surface area contributed by atoms with Gasteiger partial charge >= 0.3 is 0 Å². The summed E-state index contributed by atoms with van der Waals surface area (Å²) in [5, 5.41) is 11.9. The quantitative estimate of drug-likeness (QED) is 0.239. The number of nitrogens with zero attached hydrogens (tertiary/aromatic N) is 1. The first kappa shape index (κ1) is 25.5. The van der Waals surface area contributed by atoms with E-state index in [1.165, 1.54) is 4.90 Å². The summed E-state index contributed by atoms with van der Waals surface area (Å²) in [5.41, 5.74) is 4.36. The van der Waals surface area contributed by atoms with Crippen LogP contribution >= 0.6 is 11.6 Å². The predicted octanol–water partition coefficient (Wildman–Crippen LogP) is 6.89. The van der Waals surface area contributed by atoms with E-state index in [9.17, 15) is 14.7 Å². The van der Waals surface area contributed by atoms with E-state index in [0.717, 1.165) is 16.7 Å². The van der Waals surface area contributed by atoms with E-state index >= 15 is 0 Å². The minimum absolute atomic E-state index is 0.0347. The molecule has 1 aliphatic heterocycles. The van der Waals surface area contributed by atoms with Crippen molar-refractivity contribution in [1.82, 2.24) is 0 Å². The molecule has 1 unspecified atom stereocenters. The molecule has 0 aliphatic carbocycles. The average Bonchev–Trinajstić information content (AvgIpc) is 3.10. The summed E-state index contributed by atoms with van der Waals surface area (Å²) in [4.78, 5) is 28.4. The Kier molecular flexibility index (Phi) is 6.72. The summed E-state index contributed by atoms with van der Waals surface area (Å²) >= 11 is 6.29. The lowest BCUT2D eigenvalue weighted by molar-refractivity contribution is -0.132. The van der Waals surface area contributed by atoms with Gasteiger partial charge in [0, 0.05) is 16.3 Å². The first-order chi connectivity index (χ1) is 16.9. The first-order valence-electron chi connectivity index (χ1n) is 11.8. The fourth-order valence-electron chi connectivity index (χ4n) is 4.59. The Morgan fingerprint density at radius 3 is 2.19 bits per heavy atom. The summed E-state index contributed by atoms with van der Waals surface area (Å²) in [6.45, 7) is 10.1. The van der Waals surface area contributed by atoms with Crippen molar-refractivity contribution in [3.63, 3.8) is 0 Å². The molecule has 5 nitrogen and oxygen atoms in total. The molecule has 6 heteroatoms. The third-order valence-corrected chi connectivity index (χ3v) is 6.87. The van der Waals surface area contributed by atoms with Gasteiger partial charge in [-0.2, -0.15) is 0 Å². The van der Waals surface area contributed by atoms with Crippen molar-refractivity contribution in [2.75, 3.05) is 12.0 Å². The van der Waals surface area contributed by atoms with Crippen molar-refractivity contribution in [3.8, 4) is 5.75 Å². The normalized spacial score (nSPS) is 17.5. The highest BCUT2D eigenvalue weighted by atomic mass is 35.5. The summed E-state index contributed by atoms with van der Waals surface area (Å²) in [6, 6.07) is 17.4. The molecule has 3 aromatic rings. The van der Waals surface area contributed by atoms with E-state index in [-0.39, 0.29) is 16.7 Å². The second-order valence-corrected chi connectivity index (χ2v) is 10.6. The molecule has 4 rings (SSSR count). The van der Waals surface area contributed by atoms with Gasteiger partial charge in [0.15, 0.2) is 0 Å². The number of halogens is 1. The minimum atomic E-state index is -0.821. The topological polar surface area (TPSA) is 66.8 Å². The van der Waals surface area contributed by atoms with Crippen LogP contribution in [0.2, 0.25) is 5.02 Å². The Bertz CT molecular complexity index is 1380. The average molecular weight is 504 g/mol. The van der Waals surface area contributed by atoms with Gasteiger partial charge in [0.1, 0.15) is 11.5 Å². The van der Waals surface area contributed by atoms with Crippen LogP contribution in [0.5, 0.6) is 5.75 Å². The smallest absolute Gasteiger partial charge is 0.300 e. The zero-order chi connectivity index (χ0) is 26.4. The molecule has 1 saturated heterocycles. The fourth-order valence-corrected chi connectivity index (χ4v) is 4.75. The van der Waals surface area contributed by atoms with Gasteiger partial charge in [-0.3, -0.25) is 14.5 Å². The molecule has 0 radical (unpaired) electrons. The van der Waals surface area contributed by atoms with E-state index in [1.807, 2.05) is 44.2 Å². The number of aliphatic hydroxyl groups is 1. The SMILES string of the molecule is COc1ccc(/C(O)=C2\C(=O)C(=O)N(c3cc(Cl)ccc3C)C2c2ccc(C(C)(C)C)cc2)cc1C. The van der Waals surface area contributed by atoms with Crippen molar-refractivity contribution in [2.24, 2.45) is 0 Å². The molecule has 1 fully saturated rings. The van der Waals surface area contributed by atoms with Crippen LogP contribution in [-0.2, 0) is 15.0 Å². The third-order valence-electron chi connectivity index (χ3n) is 6.64. The third kappa shape index (κ3) is 4.51. The van der Waals surface area contributed by atoms with Crippen molar-refractivity contribution in [2.45, 2.75) is 46.1 Å². The molecule has 3 aromatic carbocycles. The number of amides is 1. The number of carbonyl (C=O) groups is 2. The Morgan fingerprint density at radius 1 is 0.944 bits per heavy atom. The summed E-state index contributed by atoms with van der Waals surface area (Å²) in [6.07, 6.45) is 0. The van der Waals surface area contributed by atoms with E-state index in [1.54, 1.807) is 37.4 Å². The van der Waals surface area contributed by atoms with Crippen molar-refractivity contribution < 1.29 is 19.4 Å². The number of ether oxygens (including phenoxy) is 1. The van der Waals surface area contributed by atoms with Crippen LogP contribution in [0.4, 0.5) is 5.69 Å². The number of benzene rings is 3. The Morgan fingerprint density at radius 2 is 1.61 bits per heavy atom. The van der Waals surface area contributed by atoms with Crippen LogP contribution in [0.15, 0.2) is 66.2 Å². The largest absolute Gasteiger partial charge is 0.507 e. The summed E-state index contributed by atoms with van der Waals surface area (Å²) in [5.74, 6) is -1.02. The predicted molar refractivity (Wildman–Crippen MR) is 144 cm³/mol. The number of hydrogen-bond donors (Lipinski definition) is 1. The lowest BCUT2D eigenvalue weighted by Crippen LogP contribution is -2.30. The molecule has 1 amide bonds. The maximum atomic E-state index is 13.5. The molecule has 0 bridgehead atoms. The molecule has 0 saturated carbocycles. The van der Waals surface area contributed by atoms with E-state index in [2.05, 4.69) is 20.8 Å². The highest BCUT2D eigenvalue weighted by Crippen LogP contribution is 2.44. The molecule has 0 aromatic heterocycles. The Hall–Kier alpha value is -3.57. The second kappa shape index (κ2) is 9.47. The molecule has 0 spiro atoms. The molecule has 1 N–H and O–H groups in total. The molecule has 1 heterocycles. The molecule has 186 valence electrons.